The van der Waals surface area contributed by atoms with E-state index in [4.69, 9.17) is 0 Å². The first-order valence-electron chi connectivity index (χ1n) is 6.49. The molecule has 0 bridgehead atoms. The minimum Gasteiger partial charge on any atom is -0.316 e. The van der Waals surface area contributed by atoms with Gasteiger partial charge >= 0.3 is 0 Å². The first-order valence-corrected chi connectivity index (χ1v) is 8.36. The van der Waals surface area contributed by atoms with E-state index in [1.54, 1.807) is 11.3 Å². The highest BCUT2D eigenvalue weighted by Gasteiger charge is 2.06. The zero-order valence-corrected chi connectivity index (χ0v) is 13.3. The topological polar surface area (TPSA) is 24.9 Å². The predicted octanol–water partition coefficient (Wildman–Crippen LogP) is 4.28. The minimum absolute atomic E-state index is 0.530. The molecule has 2 aromatic rings. The second-order valence-electron chi connectivity index (χ2n) is 4.80. The molecule has 19 heavy (non-hydrogen) atoms. The molecule has 0 atom stereocenters. The van der Waals surface area contributed by atoms with E-state index >= 15 is 0 Å². The van der Waals surface area contributed by atoms with Crippen molar-refractivity contribution in [2.45, 2.75) is 37.0 Å². The van der Waals surface area contributed by atoms with Gasteiger partial charge in [-0.25, -0.2) is 4.98 Å². The molecule has 1 heterocycles. The molecule has 1 N–H and O–H groups in total. The minimum atomic E-state index is 0.530. The Kier molecular flexibility index (Phi) is 5.43. The Bertz CT molecular complexity index is 520. The van der Waals surface area contributed by atoms with Crippen molar-refractivity contribution in [1.82, 2.24) is 10.3 Å². The summed E-state index contributed by atoms with van der Waals surface area (Å²) < 4.78 is 0. The van der Waals surface area contributed by atoms with E-state index in [1.165, 1.54) is 21.2 Å². The zero-order valence-electron chi connectivity index (χ0n) is 11.6. The molecule has 0 aliphatic carbocycles. The molecule has 102 valence electrons. The van der Waals surface area contributed by atoms with E-state index in [1.807, 2.05) is 18.8 Å². The summed E-state index contributed by atoms with van der Waals surface area (Å²) in [4.78, 5) is 5.98. The number of nitrogens with one attached hydrogen (secondary N) is 1. The average Bonchev–Trinajstić information content (AvgIpc) is 2.86. The second-order valence-corrected chi connectivity index (χ2v) is 6.74. The number of thioether (sulfide) groups is 1. The highest BCUT2D eigenvalue weighted by atomic mass is 32.2. The normalized spacial score (nSPS) is 11.2. The summed E-state index contributed by atoms with van der Waals surface area (Å²) in [5.74, 6) is 1.48. The molecule has 1 aromatic carbocycles. The van der Waals surface area contributed by atoms with Crippen molar-refractivity contribution in [3.63, 3.8) is 0 Å². The van der Waals surface area contributed by atoms with Crippen molar-refractivity contribution in [2.75, 3.05) is 7.05 Å². The fourth-order valence-corrected chi connectivity index (χ4v) is 3.57. The largest absolute Gasteiger partial charge is 0.316 e. The lowest BCUT2D eigenvalue weighted by atomic mass is 10.2. The lowest BCUT2D eigenvalue weighted by Crippen LogP contribution is -2.04. The van der Waals surface area contributed by atoms with Gasteiger partial charge in [0.05, 0.1) is 10.7 Å². The summed E-state index contributed by atoms with van der Waals surface area (Å²) in [7, 11) is 1.97. The molecule has 0 unspecified atom stereocenters. The molecule has 0 aliphatic rings. The van der Waals surface area contributed by atoms with Crippen molar-refractivity contribution in [1.29, 1.82) is 0 Å². The first-order chi connectivity index (χ1) is 9.19. The third kappa shape index (κ3) is 4.34. The highest BCUT2D eigenvalue weighted by Crippen LogP contribution is 2.26. The van der Waals surface area contributed by atoms with E-state index < -0.39 is 0 Å². The van der Waals surface area contributed by atoms with Crippen LogP contribution >= 0.6 is 23.1 Å². The molecule has 0 spiro atoms. The third-order valence-corrected chi connectivity index (χ3v) is 4.95. The summed E-state index contributed by atoms with van der Waals surface area (Å²) in [6, 6.07) is 8.69. The number of nitrogens with zero attached hydrogens (tertiary/aromatic N) is 1. The molecular formula is C15H20N2S2. The summed E-state index contributed by atoms with van der Waals surface area (Å²) in [5, 5.41) is 6.60. The van der Waals surface area contributed by atoms with Crippen molar-refractivity contribution >= 4 is 23.1 Å². The quantitative estimate of drug-likeness (QED) is 0.804. The van der Waals surface area contributed by atoms with Crippen LogP contribution in [-0.4, -0.2) is 12.0 Å². The van der Waals surface area contributed by atoms with E-state index in [-0.39, 0.29) is 0 Å². The maximum atomic E-state index is 4.67. The van der Waals surface area contributed by atoms with Gasteiger partial charge in [-0.3, -0.25) is 0 Å². The number of thiazole rings is 1. The summed E-state index contributed by atoms with van der Waals surface area (Å²) in [6.07, 6.45) is 0. The molecule has 0 saturated carbocycles. The highest BCUT2D eigenvalue weighted by molar-refractivity contribution is 7.98. The average molecular weight is 292 g/mol. The second kappa shape index (κ2) is 7.08. The van der Waals surface area contributed by atoms with E-state index in [9.17, 15) is 0 Å². The monoisotopic (exact) mass is 292 g/mol. The number of hydrogen-bond donors (Lipinski definition) is 1. The molecule has 4 heteroatoms. The van der Waals surface area contributed by atoms with Crippen LogP contribution in [0, 0.1) is 0 Å². The Morgan fingerprint density at radius 1 is 1.37 bits per heavy atom. The van der Waals surface area contributed by atoms with Crippen molar-refractivity contribution in [3.8, 4) is 0 Å². The molecule has 1 aromatic heterocycles. The van der Waals surface area contributed by atoms with Gasteiger partial charge in [-0.1, -0.05) is 26.0 Å². The van der Waals surface area contributed by atoms with Gasteiger partial charge in [-0.15, -0.1) is 23.1 Å². The van der Waals surface area contributed by atoms with Gasteiger partial charge in [0.25, 0.3) is 0 Å². The Labute approximate surface area is 123 Å². The third-order valence-electron chi connectivity index (χ3n) is 2.73. The van der Waals surface area contributed by atoms with Gasteiger partial charge in [-0.05, 0) is 24.7 Å². The van der Waals surface area contributed by atoms with Crippen molar-refractivity contribution < 1.29 is 0 Å². The van der Waals surface area contributed by atoms with Gasteiger partial charge < -0.3 is 5.32 Å². The maximum absolute atomic E-state index is 4.67. The van der Waals surface area contributed by atoms with Crippen LogP contribution in [0.5, 0.6) is 0 Å². The van der Waals surface area contributed by atoms with Crippen LogP contribution in [0.15, 0.2) is 34.5 Å². The van der Waals surface area contributed by atoms with Crippen molar-refractivity contribution in [2.24, 2.45) is 0 Å². The van der Waals surface area contributed by atoms with E-state index in [2.05, 4.69) is 53.8 Å². The molecule has 0 aliphatic heterocycles. The summed E-state index contributed by atoms with van der Waals surface area (Å²) >= 11 is 3.62. The zero-order chi connectivity index (χ0) is 13.7. The number of benzene rings is 1. The lowest BCUT2D eigenvalue weighted by Gasteiger charge is -2.04. The molecule has 2 nitrogen and oxygen atoms in total. The van der Waals surface area contributed by atoms with Gasteiger partial charge in [0.1, 0.15) is 0 Å². The van der Waals surface area contributed by atoms with Gasteiger partial charge in [0.15, 0.2) is 0 Å². The lowest BCUT2D eigenvalue weighted by molar-refractivity contribution is 0.815. The molecule has 2 rings (SSSR count). The van der Waals surface area contributed by atoms with Crippen LogP contribution in [0.3, 0.4) is 0 Å². The molecule has 0 fully saturated rings. The smallest absolute Gasteiger partial charge is 0.0954 e. The van der Waals surface area contributed by atoms with Crippen LogP contribution in [0.1, 0.15) is 36.0 Å². The van der Waals surface area contributed by atoms with Gasteiger partial charge in [0.2, 0.25) is 0 Å². The van der Waals surface area contributed by atoms with Crippen molar-refractivity contribution in [3.05, 3.63) is 45.9 Å². The van der Waals surface area contributed by atoms with Crippen LogP contribution in [0.2, 0.25) is 0 Å². The molecule has 0 radical (unpaired) electrons. The molecular weight excluding hydrogens is 272 g/mol. The Morgan fingerprint density at radius 3 is 2.89 bits per heavy atom. The van der Waals surface area contributed by atoms with E-state index in [0.717, 1.165) is 12.3 Å². The summed E-state index contributed by atoms with van der Waals surface area (Å²) in [5.41, 5.74) is 2.52. The van der Waals surface area contributed by atoms with Gasteiger partial charge in [-0.2, -0.15) is 0 Å². The fraction of sp³-hybridized carbons (Fsp3) is 0.400. The molecule has 0 amide bonds. The predicted molar refractivity (Wildman–Crippen MR) is 85.0 cm³/mol. The summed E-state index contributed by atoms with van der Waals surface area (Å²) in [6.45, 7) is 5.30. The van der Waals surface area contributed by atoms with Gasteiger partial charge in [0, 0.05) is 28.5 Å². The van der Waals surface area contributed by atoms with Crippen LogP contribution in [-0.2, 0) is 12.3 Å². The standard InChI is InChI=1S/C15H20N2S2/c1-11(2)15-17-13(10-19-15)9-18-14-6-4-5-12(7-14)8-16-3/h4-7,10-11,16H,8-9H2,1-3H3. The Hall–Kier alpha value is -0.840. The Morgan fingerprint density at radius 2 is 2.21 bits per heavy atom. The van der Waals surface area contributed by atoms with Crippen LogP contribution in [0.25, 0.3) is 0 Å². The Balaban J connectivity index is 1.95. The number of rotatable bonds is 6. The first kappa shape index (κ1) is 14.6. The van der Waals surface area contributed by atoms with Crippen LogP contribution in [0.4, 0.5) is 0 Å². The molecule has 0 saturated heterocycles. The SMILES string of the molecule is CNCc1cccc(SCc2csc(C(C)C)n2)c1. The fourth-order valence-electron chi connectivity index (χ4n) is 1.76. The maximum Gasteiger partial charge on any atom is 0.0954 e. The number of hydrogen-bond acceptors (Lipinski definition) is 4. The van der Waals surface area contributed by atoms with E-state index in [0.29, 0.717) is 5.92 Å². The van der Waals surface area contributed by atoms with Crippen LogP contribution < -0.4 is 5.32 Å². The number of aromatic nitrogens is 1.